The monoisotopic (exact) mass is 244 g/mol. The largest absolute Gasteiger partial charge is 0.385 e. The first-order valence-corrected chi connectivity index (χ1v) is 6.36. The predicted molar refractivity (Wildman–Crippen MR) is 72.5 cm³/mol. The lowest BCUT2D eigenvalue weighted by molar-refractivity contribution is 0.164. The van der Waals surface area contributed by atoms with Gasteiger partial charge in [-0.05, 0) is 26.3 Å². The van der Waals surface area contributed by atoms with Crippen molar-refractivity contribution in [2.24, 2.45) is 0 Å². The van der Waals surface area contributed by atoms with Crippen molar-refractivity contribution in [1.82, 2.24) is 9.55 Å². The van der Waals surface area contributed by atoms with Crippen molar-refractivity contribution in [2.75, 3.05) is 0 Å². The third-order valence-electron chi connectivity index (χ3n) is 3.10. The van der Waals surface area contributed by atoms with Crippen molar-refractivity contribution >= 4 is 0 Å². The molecule has 0 aliphatic rings. The van der Waals surface area contributed by atoms with Gasteiger partial charge in [-0.25, -0.2) is 4.98 Å². The number of imidazole rings is 1. The first-order chi connectivity index (χ1) is 8.60. The van der Waals surface area contributed by atoms with E-state index in [1.807, 2.05) is 10.8 Å². The number of aryl methyl sites for hydroxylation is 3. The maximum Gasteiger partial charge on any atom is 0.137 e. The Labute approximate surface area is 108 Å². The van der Waals surface area contributed by atoms with Gasteiger partial charge in [-0.1, -0.05) is 29.3 Å². The smallest absolute Gasteiger partial charge is 0.137 e. The lowest BCUT2D eigenvalue weighted by atomic mass is 10.0. The van der Waals surface area contributed by atoms with Gasteiger partial charge in [-0.2, -0.15) is 0 Å². The molecule has 1 aromatic carbocycles. The summed E-state index contributed by atoms with van der Waals surface area (Å²) in [7, 11) is 0. The molecule has 3 nitrogen and oxygen atoms in total. The van der Waals surface area contributed by atoms with Gasteiger partial charge < -0.3 is 9.67 Å². The molecule has 1 unspecified atom stereocenters. The van der Waals surface area contributed by atoms with Gasteiger partial charge in [0.2, 0.25) is 0 Å². The molecule has 3 heteroatoms. The Morgan fingerprint density at radius 3 is 2.50 bits per heavy atom. The van der Waals surface area contributed by atoms with Crippen molar-refractivity contribution in [3.05, 3.63) is 53.1 Å². The highest BCUT2D eigenvalue weighted by atomic mass is 16.3. The van der Waals surface area contributed by atoms with Gasteiger partial charge in [-0.3, -0.25) is 0 Å². The Morgan fingerprint density at radius 1 is 1.22 bits per heavy atom. The van der Waals surface area contributed by atoms with Gasteiger partial charge in [0, 0.05) is 25.4 Å². The van der Waals surface area contributed by atoms with Crippen LogP contribution in [0.3, 0.4) is 0 Å². The molecule has 0 amide bonds. The summed E-state index contributed by atoms with van der Waals surface area (Å²) in [5.41, 5.74) is 3.62. The zero-order valence-electron chi connectivity index (χ0n) is 11.2. The Kier molecular flexibility index (Phi) is 3.82. The molecule has 1 atom stereocenters. The molecule has 18 heavy (non-hydrogen) atoms. The molecule has 2 aromatic rings. The van der Waals surface area contributed by atoms with Crippen molar-refractivity contribution in [3.8, 4) is 0 Å². The Morgan fingerprint density at radius 2 is 1.89 bits per heavy atom. The summed E-state index contributed by atoms with van der Waals surface area (Å²) < 4.78 is 1.98. The maximum absolute atomic E-state index is 10.3. The van der Waals surface area contributed by atoms with Gasteiger partial charge in [0.15, 0.2) is 0 Å². The standard InChI is InChI=1S/C15H20N2O/c1-4-17-6-5-16-15(17)14(18)10-13-8-11(2)7-12(3)9-13/h5-9,14,18H,4,10H2,1-3H3. The topological polar surface area (TPSA) is 38.0 Å². The highest BCUT2D eigenvalue weighted by molar-refractivity contribution is 5.29. The molecule has 0 radical (unpaired) electrons. The van der Waals surface area contributed by atoms with E-state index in [0.29, 0.717) is 6.42 Å². The minimum absolute atomic E-state index is 0.541. The lowest BCUT2D eigenvalue weighted by Crippen LogP contribution is -2.10. The molecule has 0 saturated carbocycles. The van der Waals surface area contributed by atoms with Crippen LogP contribution in [-0.4, -0.2) is 14.7 Å². The molecule has 0 fully saturated rings. The van der Waals surface area contributed by atoms with Crippen LogP contribution in [0.5, 0.6) is 0 Å². The van der Waals surface area contributed by atoms with E-state index >= 15 is 0 Å². The molecule has 1 aromatic heterocycles. The molecule has 0 aliphatic carbocycles. The van der Waals surface area contributed by atoms with Crippen LogP contribution in [0.2, 0.25) is 0 Å². The highest BCUT2D eigenvalue weighted by Gasteiger charge is 2.14. The van der Waals surface area contributed by atoms with Gasteiger partial charge in [0.05, 0.1) is 0 Å². The van der Waals surface area contributed by atoms with Crippen molar-refractivity contribution < 1.29 is 5.11 Å². The molecule has 1 heterocycles. The van der Waals surface area contributed by atoms with Crippen molar-refractivity contribution in [2.45, 2.75) is 39.8 Å². The first-order valence-electron chi connectivity index (χ1n) is 6.36. The minimum Gasteiger partial charge on any atom is -0.385 e. The molecule has 1 N–H and O–H groups in total. The van der Waals surface area contributed by atoms with E-state index in [-0.39, 0.29) is 0 Å². The van der Waals surface area contributed by atoms with Crippen LogP contribution >= 0.6 is 0 Å². The number of aliphatic hydroxyl groups excluding tert-OH is 1. The SMILES string of the molecule is CCn1ccnc1C(O)Cc1cc(C)cc(C)c1. The summed E-state index contributed by atoms with van der Waals surface area (Å²) in [5, 5.41) is 10.3. The fourth-order valence-electron chi connectivity index (χ4n) is 2.39. The van der Waals surface area contributed by atoms with Crippen molar-refractivity contribution in [1.29, 1.82) is 0 Å². The van der Waals surface area contributed by atoms with E-state index in [1.54, 1.807) is 6.20 Å². The van der Waals surface area contributed by atoms with Crippen LogP contribution in [0.15, 0.2) is 30.6 Å². The second-order valence-corrected chi connectivity index (χ2v) is 4.79. The molecular weight excluding hydrogens is 224 g/mol. The van der Waals surface area contributed by atoms with Crippen LogP contribution < -0.4 is 0 Å². The summed E-state index contributed by atoms with van der Waals surface area (Å²) in [6.45, 7) is 7.04. The van der Waals surface area contributed by atoms with Crippen LogP contribution in [0.1, 0.15) is 35.5 Å². The fraction of sp³-hybridized carbons (Fsp3) is 0.400. The predicted octanol–water partition coefficient (Wildman–Crippen LogP) is 2.80. The van der Waals surface area contributed by atoms with Crippen LogP contribution in [0.4, 0.5) is 0 Å². The summed E-state index contributed by atoms with van der Waals surface area (Å²) in [6, 6.07) is 6.38. The average Bonchev–Trinajstić information content (AvgIpc) is 2.75. The number of rotatable bonds is 4. The Hall–Kier alpha value is -1.61. The quantitative estimate of drug-likeness (QED) is 0.898. The average molecular weight is 244 g/mol. The molecule has 96 valence electrons. The first kappa shape index (κ1) is 12.8. The summed E-state index contributed by atoms with van der Waals surface area (Å²) >= 11 is 0. The van der Waals surface area contributed by atoms with Gasteiger partial charge in [0.1, 0.15) is 11.9 Å². The third-order valence-corrected chi connectivity index (χ3v) is 3.10. The molecule has 0 spiro atoms. The molecule has 0 aliphatic heterocycles. The van der Waals surface area contributed by atoms with E-state index in [1.165, 1.54) is 11.1 Å². The van der Waals surface area contributed by atoms with Crippen molar-refractivity contribution in [3.63, 3.8) is 0 Å². The maximum atomic E-state index is 10.3. The van der Waals surface area contributed by atoms with Crippen LogP contribution in [-0.2, 0) is 13.0 Å². The second kappa shape index (κ2) is 5.36. The highest BCUT2D eigenvalue weighted by Crippen LogP contribution is 2.19. The normalized spacial score (nSPS) is 12.7. The molecule has 0 bridgehead atoms. The van der Waals surface area contributed by atoms with Crippen LogP contribution in [0.25, 0.3) is 0 Å². The van der Waals surface area contributed by atoms with Crippen LogP contribution in [0, 0.1) is 13.8 Å². The number of aromatic nitrogens is 2. The molecule has 2 rings (SSSR count). The van der Waals surface area contributed by atoms with E-state index in [0.717, 1.165) is 17.9 Å². The molecular formula is C15H20N2O. The zero-order valence-corrected chi connectivity index (χ0v) is 11.2. The number of aliphatic hydroxyl groups is 1. The van der Waals surface area contributed by atoms with E-state index in [4.69, 9.17) is 0 Å². The third kappa shape index (κ3) is 2.79. The van der Waals surface area contributed by atoms with Gasteiger partial charge in [-0.15, -0.1) is 0 Å². The van der Waals surface area contributed by atoms with Gasteiger partial charge in [0.25, 0.3) is 0 Å². The van der Waals surface area contributed by atoms with E-state index < -0.39 is 6.10 Å². The Bertz CT molecular complexity index is 511. The summed E-state index contributed by atoms with van der Waals surface area (Å²) in [5.74, 6) is 0.747. The second-order valence-electron chi connectivity index (χ2n) is 4.79. The number of hydrogen-bond donors (Lipinski definition) is 1. The van der Waals surface area contributed by atoms with E-state index in [9.17, 15) is 5.11 Å². The number of hydrogen-bond acceptors (Lipinski definition) is 2. The summed E-state index contributed by atoms with van der Waals surface area (Å²) in [6.07, 6.45) is 3.71. The lowest BCUT2D eigenvalue weighted by Gasteiger charge is -2.13. The molecule has 0 saturated heterocycles. The summed E-state index contributed by atoms with van der Waals surface area (Å²) in [4.78, 5) is 4.24. The fourth-order valence-corrected chi connectivity index (χ4v) is 2.39. The van der Waals surface area contributed by atoms with E-state index in [2.05, 4.69) is 44.0 Å². The Balaban J connectivity index is 2.18. The number of nitrogens with zero attached hydrogens (tertiary/aromatic N) is 2. The minimum atomic E-state index is -0.541. The zero-order chi connectivity index (χ0) is 13.1. The number of benzene rings is 1. The van der Waals surface area contributed by atoms with Gasteiger partial charge >= 0.3 is 0 Å².